The summed E-state index contributed by atoms with van der Waals surface area (Å²) in [5.74, 6) is -2.05. The van der Waals surface area contributed by atoms with Gasteiger partial charge in [0.15, 0.2) is 6.10 Å². The summed E-state index contributed by atoms with van der Waals surface area (Å²) in [6, 6.07) is 15.3. The Morgan fingerprint density at radius 1 is 0.857 bits per heavy atom. The zero-order chi connectivity index (χ0) is 25.8. The van der Waals surface area contributed by atoms with Crippen molar-refractivity contribution >= 4 is 23.9 Å². The predicted octanol–water partition coefficient (Wildman–Crippen LogP) is 3.23. The van der Waals surface area contributed by atoms with Crippen LogP contribution in [0.2, 0.25) is 0 Å². The van der Waals surface area contributed by atoms with Gasteiger partial charge in [-0.2, -0.15) is 0 Å². The van der Waals surface area contributed by atoms with Crippen molar-refractivity contribution in [3.8, 4) is 0 Å². The van der Waals surface area contributed by atoms with E-state index in [9.17, 15) is 19.2 Å². The van der Waals surface area contributed by atoms with E-state index < -0.39 is 42.1 Å². The number of nitrogens with one attached hydrogen (secondary N) is 2. The van der Waals surface area contributed by atoms with Crippen LogP contribution in [0.1, 0.15) is 43.1 Å². The second-order valence-corrected chi connectivity index (χ2v) is 8.40. The van der Waals surface area contributed by atoms with Crippen LogP contribution in [-0.2, 0) is 30.4 Å². The van der Waals surface area contributed by atoms with Crippen molar-refractivity contribution in [1.82, 2.24) is 10.6 Å². The molecular weight excluding hydrogens is 452 g/mol. The maximum Gasteiger partial charge on any atom is 0.407 e. The van der Waals surface area contributed by atoms with E-state index in [1.807, 2.05) is 32.0 Å². The first-order valence-electron chi connectivity index (χ1n) is 11.3. The molecule has 0 saturated carbocycles. The van der Waals surface area contributed by atoms with Crippen molar-refractivity contribution in [2.45, 2.75) is 52.0 Å². The van der Waals surface area contributed by atoms with Crippen LogP contribution in [0.3, 0.4) is 0 Å². The lowest BCUT2D eigenvalue weighted by Gasteiger charge is -2.26. The Bertz CT molecular complexity index is 980. The minimum absolute atomic E-state index is 0.0266. The zero-order valence-corrected chi connectivity index (χ0v) is 20.4. The highest BCUT2D eigenvalue weighted by Crippen LogP contribution is 2.11. The molecule has 0 saturated heterocycles. The smallest absolute Gasteiger partial charge is 0.407 e. The van der Waals surface area contributed by atoms with Crippen LogP contribution in [0.4, 0.5) is 4.79 Å². The van der Waals surface area contributed by atoms with E-state index in [1.165, 1.54) is 14.0 Å². The third kappa shape index (κ3) is 9.11. The number of rotatable bonds is 11. The molecule has 2 N–H and O–H groups in total. The zero-order valence-electron chi connectivity index (χ0n) is 20.4. The van der Waals surface area contributed by atoms with E-state index in [1.54, 1.807) is 42.5 Å². The summed E-state index contributed by atoms with van der Waals surface area (Å²) in [7, 11) is 1.22. The molecule has 2 rings (SSSR count). The molecule has 0 bridgehead atoms. The Labute approximate surface area is 205 Å². The third-order valence-corrected chi connectivity index (χ3v) is 5.02. The molecule has 2 aromatic carbocycles. The number of ether oxygens (including phenoxy) is 3. The van der Waals surface area contributed by atoms with Gasteiger partial charge < -0.3 is 24.8 Å². The minimum Gasteiger partial charge on any atom is -0.467 e. The first-order chi connectivity index (χ1) is 16.7. The molecule has 9 nitrogen and oxygen atoms in total. The van der Waals surface area contributed by atoms with E-state index in [2.05, 4.69) is 10.6 Å². The fraction of sp³-hybridized carbons (Fsp3) is 0.385. The van der Waals surface area contributed by atoms with E-state index in [-0.39, 0.29) is 18.1 Å². The molecule has 0 spiro atoms. The summed E-state index contributed by atoms with van der Waals surface area (Å²) in [5.41, 5.74) is 1.02. The lowest BCUT2D eigenvalue weighted by Crippen LogP contribution is -2.54. The first kappa shape index (κ1) is 27.4. The predicted molar refractivity (Wildman–Crippen MR) is 128 cm³/mol. The van der Waals surface area contributed by atoms with Gasteiger partial charge in [-0.1, -0.05) is 62.4 Å². The molecule has 0 aliphatic carbocycles. The molecule has 2 amide bonds. The van der Waals surface area contributed by atoms with E-state index in [4.69, 9.17) is 14.2 Å². The molecule has 35 heavy (non-hydrogen) atoms. The molecule has 2 aromatic rings. The Hall–Kier alpha value is -3.88. The Morgan fingerprint density at radius 2 is 1.46 bits per heavy atom. The average molecular weight is 485 g/mol. The summed E-state index contributed by atoms with van der Waals surface area (Å²) in [4.78, 5) is 50.3. The summed E-state index contributed by atoms with van der Waals surface area (Å²) in [6.45, 7) is 5.31. The summed E-state index contributed by atoms with van der Waals surface area (Å²) in [5, 5.41) is 5.11. The molecule has 188 valence electrons. The highest BCUT2D eigenvalue weighted by molar-refractivity contribution is 5.93. The van der Waals surface area contributed by atoms with Gasteiger partial charge in [-0.05, 0) is 37.0 Å². The summed E-state index contributed by atoms with van der Waals surface area (Å²) < 4.78 is 15.5. The highest BCUT2D eigenvalue weighted by atomic mass is 16.6. The number of esters is 2. The van der Waals surface area contributed by atoms with Gasteiger partial charge in [0.25, 0.3) is 5.91 Å². The van der Waals surface area contributed by atoms with E-state index >= 15 is 0 Å². The monoisotopic (exact) mass is 484 g/mol. The quantitative estimate of drug-likeness (QED) is 0.371. The molecule has 0 aliphatic rings. The van der Waals surface area contributed by atoms with Crippen molar-refractivity contribution < 1.29 is 33.4 Å². The topological polar surface area (TPSA) is 120 Å². The number of carbonyl (C=O) groups excluding carboxylic acids is 4. The number of benzene rings is 2. The fourth-order valence-electron chi connectivity index (χ4n) is 3.25. The maximum atomic E-state index is 13.1. The molecule has 0 heterocycles. The van der Waals surface area contributed by atoms with Gasteiger partial charge in [0.05, 0.1) is 18.7 Å². The molecule has 0 radical (unpaired) electrons. The Balaban J connectivity index is 2.14. The van der Waals surface area contributed by atoms with Gasteiger partial charge in [-0.25, -0.2) is 14.4 Å². The molecule has 0 fully saturated rings. The second-order valence-electron chi connectivity index (χ2n) is 8.40. The lowest BCUT2D eigenvalue weighted by atomic mass is 10.0. The van der Waals surface area contributed by atoms with Gasteiger partial charge in [-0.3, -0.25) is 4.79 Å². The van der Waals surface area contributed by atoms with Crippen molar-refractivity contribution in [2.24, 2.45) is 5.92 Å². The first-order valence-corrected chi connectivity index (χ1v) is 11.3. The van der Waals surface area contributed by atoms with Gasteiger partial charge in [0.2, 0.25) is 0 Å². The number of hydrogen-bond donors (Lipinski definition) is 2. The van der Waals surface area contributed by atoms with Crippen LogP contribution >= 0.6 is 0 Å². The molecule has 9 heteroatoms. The maximum absolute atomic E-state index is 13.1. The standard InChI is InChI=1S/C26H32N2O7/c1-17(2)15-21(25(31)33-4)28-23(29)22(35-24(30)20-13-9-6-10-14-20)18(3)27-26(32)34-16-19-11-7-5-8-12-19/h5-14,17-18,21-22H,15-16H2,1-4H3,(H,27,32)(H,28,29)/t18-,21-,22?/m0/s1. The molecule has 1 unspecified atom stereocenters. The number of amides is 2. The fourth-order valence-corrected chi connectivity index (χ4v) is 3.25. The number of alkyl carbamates (subject to hydrolysis) is 1. The lowest BCUT2D eigenvalue weighted by molar-refractivity contribution is -0.147. The van der Waals surface area contributed by atoms with Gasteiger partial charge in [0.1, 0.15) is 12.6 Å². The highest BCUT2D eigenvalue weighted by Gasteiger charge is 2.34. The van der Waals surface area contributed by atoms with Crippen molar-refractivity contribution in [2.75, 3.05) is 7.11 Å². The van der Waals surface area contributed by atoms with Crippen molar-refractivity contribution in [1.29, 1.82) is 0 Å². The summed E-state index contributed by atoms with van der Waals surface area (Å²) >= 11 is 0. The largest absolute Gasteiger partial charge is 0.467 e. The minimum atomic E-state index is -1.44. The Morgan fingerprint density at radius 3 is 2.03 bits per heavy atom. The van der Waals surface area contributed by atoms with Crippen LogP contribution in [0.25, 0.3) is 0 Å². The van der Waals surface area contributed by atoms with Crippen LogP contribution in [-0.4, -0.2) is 49.2 Å². The second kappa shape index (κ2) is 13.7. The van der Waals surface area contributed by atoms with Crippen LogP contribution in [0.5, 0.6) is 0 Å². The number of carbonyl (C=O) groups is 4. The normalized spacial score (nSPS) is 13.2. The van der Waals surface area contributed by atoms with Gasteiger partial charge in [0, 0.05) is 0 Å². The molecule has 0 aliphatic heterocycles. The van der Waals surface area contributed by atoms with Crippen LogP contribution in [0, 0.1) is 5.92 Å². The number of hydrogen-bond acceptors (Lipinski definition) is 7. The van der Waals surface area contributed by atoms with Crippen molar-refractivity contribution in [3.05, 3.63) is 71.8 Å². The molecular formula is C26H32N2O7. The number of methoxy groups -OCH3 is 1. The van der Waals surface area contributed by atoms with Crippen LogP contribution < -0.4 is 10.6 Å². The van der Waals surface area contributed by atoms with Gasteiger partial charge in [-0.15, -0.1) is 0 Å². The van der Waals surface area contributed by atoms with E-state index in [0.29, 0.717) is 6.42 Å². The van der Waals surface area contributed by atoms with Crippen LogP contribution in [0.15, 0.2) is 60.7 Å². The molecule has 3 atom stereocenters. The van der Waals surface area contributed by atoms with E-state index in [0.717, 1.165) is 5.56 Å². The van der Waals surface area contributed by atoms with Crippen molar-refractivity contribution in [3.63, 3.8) is 0 Å². The third-order valence-electron chi connectivity index (χ3n) is 5.02. The molecule has 0 aromatic heterocycles. The summed E-state index contributed by atoms with van der Waals surface area (Å²) in [6.07, 6.45) is -1.91. The average Bonchev–Trinajstić information content (AvgIpc) is 2.85. The Kier molecular flexibility index (Phi) is 10.7. The SMILES string of the molecule is COC(=O)[C@H](CC(C)C)NC(=O)C(OC(=O)c1ccccc1)[C@H](C)NC(=O)OCc1ccccc1. The van der Waals surface area contributed by atoms with Gasteiger partial charge >= 0.3 is 18.0 Å².